The summed E-state index contributed by atoms with van der Waals surface area (Å²) in [5.41, 5.74) is 6.94. The Labute approximate surface area is 130 Å². The molecule has 2 aromatic carbocycles. The van der Waals surface area contributed by atoms with Gasteiger partial charge < -0.3 is 20.5 Å². The van der Waals surface area contributed by atoms with Gasteiger partial charge in [-0.3, -0.25) is 4.79 Å². The molecule has 1 amide bonds. The summed E-state index contributed by atoms with van der Waals surface area (Å²) in [5.74, 6) is 1.16. The molecule has 2 rings (SSSR count). The molecular weight excluding hydrogens is 280 g/mol. The van der Waals surface area contributed by atoms with Crippen molar-refractivity contribution >= 4 is 17.3 Å². The predicted molar refractivity (Wildman–Crippen MR) is 87.2 cm³/mol. The fourth-order valence-electron chi connectivity index (χ4n) is 1.85. The smallest absolute Gasteiger partial charge is 0.265 e. The van der Waals surface area contributed by atoms with Crippen LogP contribution < -0.4 is 20.5 Å². The first-order chi connectivity index (χ1) is 10.6. The van der Waals surface area contributed by atoms with E-state index in [0.717, 1.165) is 5.75 Å². The van der Waals surface area contributed by atoms with Gasteiger partial charge >= 0.3 is 0 Å². The van der Waals surface area contributed by atoms with Crippen LogP contribution in [0, 0.1) is 0 Å². The molecule has 5 heteroatoms. The molecule has 1 atom stereocenters. The van der Waals surface area contributed by atoms with Crippen molar-refractivity contribution in [2.45, 2.75) is 20.0 Å². The molecule has 0 heterocycles. The molecule has 0 fully saturated rings. The number of rotatable bonds is 6. The number of ether oxygens (including phenoxy) is 2. The molecule has 116 valence electrons. The lowest BCUT2D eigenvalue weighted by molar-refractivity contribution is -0.122. The molecule has 0 aliphatic heterocycles. The van der Waals surface area contributed by atoms with Gasteiger partial charge in [-0.15, -0.1) is 0 Å². The van der Waals surface area contributed by atoms with Crippen LogP contribution in [0.1, 0.15) is 13.8 Å². The minimum atomic E-state index is -0.615. The molecule has 0 aliphatic carbocycles. The second kappa shape index (κ2) is 7.36. The number of carbonyl (C=O) groups is 1. The maximum Gasteiger partial charge on any atom is 0.265 e. The van der Waals surface area contributed by atoms with E-state index in [1.54, 1.807) is 43.3 Å². The van der Waals surface area contributed by atoms with Crippen molar-refractivity contribution in [2.75, 3.05) is 17.7 Å². The van der Waals surface area contributed by atoms with E-state index in [9.17, 15) is 4.79 Å². The first kappa shape index (κ1) is 15.7. The van der Waals surface area contributed by atoms with Crippen molar-refractivity contribution in [3.63, 3.8) is 0 Å². The highest BCUT2D eigenvalue weighted by Crippen LogP contribution is 2.19. The fraction of sp³-hybridized carbons (Fsp3) is 0.235. The first-order valence-corrected chi connectivity index (χ1v) is 7.14. The van der Waals surface area contributed by atoms with Crippen LogP contribution in [-0.4, -0.2) is 18.6 Å². The maximum atomic E-state index is 12.1. The summed E-state index contributed by atoms with van der Waals surface area (Å²) < 4.78 is 11.0. The maximum absolute atomic E-state index is 12.1. The zero-order valence-electron chi connectivity index (χ0n) is 12.7. The van der Waals surface area contributed by atoms with Crippen LogP contribution in [0.4, 0.5) is 11.4 Å². The van der Waals surface area contributed by atoms with E-state index >= 15 is 0 Å². The van der Waals surface area contributed by atoms with E-state index in [4.69, 9.17) is 15.2 Å². The number of nitrogen functional groups attached to an aromatic ring is 1. The Morgan fingerprint density at radius 3 is 2.27 bits per heavy atom. The van der Waals surface area contributed by atoms with Gasteiger partial charge in [-0.25, -0.2) is 0 Å². The number of nitrogens with two attached hydrogens (primary N) is 1. The molecule has 2 aromatic rings. The minimum Gasteiger partial charge on any atom is -0.494 e. The lowest BCUT2D eigenvalue weighted by Crippen LogP contribution is -2.30. The normalized spacial score (nSPS) is 11.5. The summed E-state index contributed by atoms with van der Waals surface area (Å²) in [6.07, 6.45) is -0.615. The molecule has 0 saturated heterocycles. The van der Waals surface area contributed by atoms with Gasteiger partial charge in [0.05, 0.1) is 6.61 Å². The van der Waals surface area contributed by atoms with Crippen molar-refractivity contribution < 1.29 is 14.3 Å². The van der Waals surface area contributed by atoms with Crippen LogP contribution in [0.15, 0.2) is 48.5 Å². The second-order valence-corrected chi connectivity index (χ2v) is 4.78. The van der Waals surface area contributed by atoms with Gasteiger partial charge in [0.25, 0.3) is 5.91 Å². The second-order valence-electron chi connectivity index (χ2n) is 4.78. The lowest BCUT2D eigenvalue weighted by atomic mass is 10.2. The Hall–Kier alpha value is -2.69. The summed E-state index contributed by atoms with van der Waals surface area (Å²) in [7, 11) is 0. The molecule has 0 spiro atoms. The Morgan fingerprint density at radius 2 is 1.68 bits per heavy atom. The summed E-state index contributed by atoms with van der Waals surface area (Å²) in [6.45, 7) is 4.23. The number of nitrogens with one attached hydrogen (secondary N) is 1. The monoisotopic (exact) mass is 300 g/mol. The Bertz CT molecular complexity index is 609. The number of benzene rings is 2. The standard InChI is InChI=1S/C17H20N2O3/c1-3-21-15-8-10-16(11-9-15)22-12(2)17(20)19-14-6-4-13(18)5-7-14/h4-12H,3,18H2,1-2H3,(H,19,20). The van der Waals surface area contributed by atoms with E-state index in [1.807, 2.05) is 19.1 Å². The summed E-state index contributed by atoms with van der Waals surface area (Å²) in [5, 5.41) is 2.78. The highest BCUT2D eigenvalue weighted by molar-refractivity contribution is 5.94. The number of hydrogen-bond acceptors (Lipinski definition) is 4. The van der Waals surface area contributed by atoms with Gasteiger partial charge in [0, 0.05) is 11.4 Å². The lowest BCUT2D eigenvalue weighted by Gasteiger charge is -2.15. The van der Waals surface area contributed by atoms with Gasteiger partial charge in [-0.05, 0) is 62.4 Å². The van der Waals surface area contributed by atoms with E-state index in [-0.39, 0.29) is 5.91 Å². The Kier molecular flexibility index (Phi) is 5.25. The molecular formula is C17H20N2O3. The molecule has 0 saturated carbocycles. The number of carbonyl (C=O) groups excluding carboxylic acids is 1. The van der Waals surface area contributed by atoms with Gasteiger partial charge in [0.15, 0.2) is 6.10 Å². The van der Waals surface area contributed by atoms with Crippen LogP contribution in [0.25, 0.3) is 0 Å². The summed E-state index contributed by atoms with van der Waals surface area (Å²) in [6, 6.07) is 14.1. The van der Waals surface area contributed by atoms with Crippen LogP contribution in [0.3, 0.4) is 0 Å². The zero-order chi connectivity index (χ0) is 15.9. The average molecular weight is 300 g/mol. The van der Waals surface area contributed by atoms with Gasteiger partial charge in [-0.2, -0.15) is 0 Å². The van der Waals surface area contributed by atoms with Crippen molar-refractivity contribution in [1.82, 2.24) is 0 Å². The van der Waals surface area contributed by atoms with Crippen LogP contribution in [-0.2, 0) is 4.79 Å². The van der Waals surface area contributed by atoms with E-state index < -0.39 is 6.10 Å². The summed E-state index contributed by atoms with van der Waals surface area (Å²) in [4.78, 5) is 12.1. The molecule has 3 N–H and O–H groups in total. The van der Waals surface area contributed by atoms with Crippen molar-refractivity contribution in [3.05, 3.63) is 48.5 Å². The van der Waals surface area contributed by atoms with E-state index in [1.165, 1.54) is 0 Å². The third-order valence-electron chi connectivity index (χ3n) is 3.00. The first-order valence-electron chi connectivity index (χ1n) is 7.14. The van der Waals surface area contributed by atoms with Crippen LogP contribution >= 0.6 is 0 Å². The highest BCUT2D eigenvalue weighted by Gasteiger charge is 2.14. The van der Waals surface area contributed by atoms with Crippen molar-refractivity contribution in [1.29, 1.82) is 0 Å². The fourth-order valence-corrected chi connectivity index (χ4v) is 1.85. The van der Waals surface area contributed by atoms with Crippen LogP contribution in [0.5, 0.6) is 11.5 Å². The molecule has 0 bridgehead atoms. The highest BCUT2D eigenvalue weighted by atomic mass is 16.5. The van der Waals surface area contributed by atoms with Gasteiger partial charge in [0.2, 0.25) is 0 Å². The van der Waals surface area contributed by atoms with Crippen molar-refractivity contribution in [3.8, 4) is 11.5 Å². The quantitative estimate of drug-likeness (QED) is 0.804. The zero-order valence-corrected chi connectivity index (χ0v) is 12.7. The molecule has 1 unspecified atom stereocenters. The molecule has 22 heavy (non-hydrogen) atoms. The number of hydrogen-bond donors (Lipinski definition) is 2. The van der Waals surface area contributed by atoms with Gasteiger partial charge in [-0.1, -0.05) is 0 Å². The average Bonchev–Trinajstić information content (AvgIpc) is 2.51. The minimum absolute atomic E-state index is 0.223. The Balaban J connectivity index is 1.91. The van der Waals surface area contributed by atoms with E-state index in [2.05, 4.69) is 5.32 Å². The molecule has 5 nitrogen and oxygen atoms in total. The number of anilines is 2. The molecule has 0 aliphatic rings. The SMILES string of the molecule is CCOc1ccc(OC(C)C(=O)Nc2ccc(N)cc2)cc1. The summed E-state index contributed by atoms with van der Waals surface area (Å²) >= 11 is 0. The molecule has 0 radical (unpaired) electrons. The molecule has 0 aromatic heterocycles. The topological polar surface area (TPSA) is 73.6 Å². The third-order valence-corrected chi connectivity index (χ3v) is 3.00. The van der Waals surface area contributed by atoms with E-state index in [0.29, 0.717) is 23.7 Å². The predicted octanol–water partition coefficient (Wildman–Crippen LogP) is 3.07. The van der Waals surface area contributed by atoms with Crippen molar-refractivity contribution in [2.24, 2.45) is 0 Å². The van der Waals surface area contributed by atoms with Gasteiger partial charge in [0.1, 0.15) is 11.5 Å². The largest absolute Gasteiger partial charge is 0.494 e. The number of amides is 1. The van der Waals surface area contributed by atoms with Crippen LogP contribution in [0.2, 0.25) is 0 Å². The third kappa shape index (κ3) is 4.41. The Morgan fingerprint density at radius 1 is 1.09 bits per heavy atom.